The maximum Gasteiger partial charge on any atom is 0.225 e. The summed E-state index contributed by atoms with van der Waals surface area (Å²) in [5, 5.41) is 0. The fourth-order valence-electron chi connectivity index (χ4n) is 2.55. The van der Waals surface area contributed by atoms with Gasteiger partial charge in [-0.3, -0.25) is 4.79 Å². The van der Waals surface area contributed by atoms with Gasteiger partial charge in [0.05, 0.1) is 0 Å². The Morgan fingerprint density at radius 1 is 1.26 bits per heavy atom. The molecular weight excluding hydrogens is 245 g/mol. The van der Waals surface area contributed by atoms with Crippen LogP contribution < -0.4 is 4.90 Å². The van der Waals surface area contributed by atoms with Crippen molar-refractivity contribution in [3.63, 3.8) is 0 Å². The molecule has 0 atom stereocenters. The van der Waals surface area contributed by atoms with Crippen LogP contribution in [0.15, 0.2) is 18.3 Å². The van der Waals surface area contributed by atoms with Crippen LogP contribution in [0.3, 0.4) is 0 Å². The minimum atomic E-state index is -0.288. The van der Waals surface area contributed by atoms with Gasteiger partial charge in [-0.05, 0) is 31.4 Å². The topological polar surface area (TPSA) is 36.4 Å². The predicted octanol–water partition coefficient (Wildman–Crippen LogP) is 1.67. The molecule has 4 nitrogen and oxygen atoms in total. The van der Waals surface area contributed by atoms with Gasteiger partial charge in [0.2, 0.25) is 5.91 Å². The van der Waals surface area contributed by atoms with Gasteiger partial charge in [-0.25, -0.2) is 9.37 Å². The summed E-state index contributed by atoms with van der Waals surface area (Å²) in [5.41, 5.74) is 0. The second kappa shape index (κ2) is 5.15. The first-order chi connectivity index (χ1) is 9.25. The molecule has 2 fully saturated rings. The molecule has 0 spiro atoms. The quantitative estimate of drug-likeness (QED) is 0.814. The molecule has 0 radical (unpaired) electrons. The Morgan fingerprint density at radius 3 is 2.84 bits per heavy atom. The fraction of sp³-hybridized carbons (Fsp3) is 0.571. The Kier molecular flexibility index (Phi) is 3.36. The zero-order valence-corrected chi connectivity index (χ0v) is 10.9. The third-order valence-electron chi connectivity index (χ3n) is 3.77. The lowest BCUT2D eigenvalue weighted by molar-refractivity contribution is -0.132. The van der Waals surface area contributed by atoms with Gasteiger partial charge in [-0.2, -0.15) is 0 Å². The SMILES string of the molecule is O=C(C1CC1)N1CCCN(c2ncccc2F)CC1. The molecule has 1 aromatic rings. The number of carbonyl (C=O) groups is 1. The molecule has 0 aromatic carbocycles. The Balaban J connectivity index is 1.67. The molecule has 1 aromatic heterocycles. The zero-order valence-electron chi connectivity index (χ0n) is 10.9. The van der Waals surface area contributed by atoms with Crippen LogP contribution in [0.5, 0.6) is 0 Å². The van der Waals surface area contributed by atoms with Gasteiger partial charge in [-0.1, -0.05) is 0 Å². The standard InChI is InChI=1S/C14H18FN3O/c15-12-3-1-6-16-13(12)17-7-2-8-18(10-9-17)14(19)11-4-5-11/h1,3,6,11H,2,4-5,7-10H2. The van der Waals surface area contributed by atoms with Crippen molar-refractivity contribution in [2.75, 3.05) is 31.1 Å². The van der Waals surface area contributed by atoms with E-state index in [-0.39, 0.29) is 17.6 Å². The Bertz CT molecular complexity index is 476. The minimum absolute atomic E-state index is 0.262. The molecule has 0 bridgehead atoms. The molecule has 0 unspecified atom stereocenters. The van der Waals surface area contributed by atoms with E-state index in [4.69, 9.17) is 0 Å². The number of halogens is 1. The Morgan fingerprint density at radius 2 is 2.11 bits per heavy atom. The molecule has 1 aliphatic carbocycles. The van der Waals surface area contributed by atoms with E-state index in [0.717, 1.165) is 32.4 Å². The van der Waals surface area contributed by atoms with E-state index in [1.54, 1.807) is 12.3 Å². The molecule has 102 valence electrons. The van der Waals surface area contributed by atoms with Gasteiger partial charge >= 0.3 is 0 Å². The van der Waals surface area contributed by atoms with E-state index in [9.17, 15) is 9.18 Å². The summed E-state index contributed by atoms with van der Waals surface area (Å²) in [6, 6.07) is 3.03. The average Bonchev–Trinajstić information content (AvgIpc) is 3.25. The summed E-state index contributed by atoms with van der Waals surface area (Å²) in [5.74, 6) is 0.661. The maximum atomic E-state index is 13.7. The van der Waals surface area contributed by atoms with Crippen LogP contribution in [0.25, 0.3) is 0 Å². The largest absolute Gasteiger partial charge is 0.352 e. The zero-order chi connectivity index (χ0) is 13.2. The van der Waals surface area contributed by atoms with Gasteiger partial charge in [0, 0.05) is 38.3 Å². The van der Waals surface area contributed by atoms with Gasteiger partial charge in [0.25, 0.3) is 0 Å². The van der Waals surface area contributed by atoms with Crippen LogP contribution in [-0.2, 0) is 4.79 Å². The predicted molar refractivity (Wildman–Crippen MR) is 70.3 cm³/mol. The first-order valence-electron chi connectivity index (χ1n) is 6.90. The van der Waals surface area contributed by atoms with Crippen molar-refractivity contribution >= 4 is 11.7 Å². The highest BCUT2D eigenvalue weighted by Gasteiger charge is 2.34. The monoisotopic (exact) mass is 263 g/mol. The molecule has 1 aliphatic heterocycles. The van der Waals surface area contributed by atoms with Crippen molar-refractivity contribution < 1.29 is 9.18 Å². The van der Waals surface area contributed by atoms with Crippen molar-refractivity contribution in [3.8, 4) is 0 Å². The molecule has 2 aliphatic rings. The average molecular weight is 263 g/mol. The number of aromatic nitrogens is 1. The van der Waals surface area contributed by atoms with Crippen LogP contribution in [-0.4, -0.2) is 42.0 Å². The van der Waals surface area contributed by atoms with E-state index < -0.39 is 0 Å². The normalized spacial score (nSPS) is 20.3. The third kappa shape index (κ3) is 2.69. The molecular formula is C14H18FN3O. The number of amides is 1. The summed E-state index contributed by atoms with van der Waals surface area (Å²) in [4.78, 5) is 20.0. The maximum absolute atomic E-state index is 13.7. The summed E-state index contributed by atoms with van der Waals surface area (Å²) in [7, 11) is 0. The minimum Gasteiger partial charge on any atom is -0.352 e. The number of nitrogens with zero attached hydrogens (tertiary/aromatic N) is 3. The number of carbonyl (C=O) groups excluding carboxylic acids is 1. The lowest BCUT2D eigenvalue weighted by Crippen LogP contribution is -2.36. The molecule has 1 saturated carbocycles. The van der Waals surface area contributed by atoms with Crippen molar-refractivity contribution in [3.05, 3.63) is 24.1 Å². The van der Waals surface area contributed by atoms with Crippen molar-refractivity contribution in [2.24, 2.45) is 5.92 Å². The number of anilines is 1. The molecule has 2 heterocycles. The second-order valence-corrected chi connectivity index (χ2v) is 5.25. The lowest BCUT2D eigenvalue weighted by atomic mass is 10.3. The molecule has 1 amide bonds. The van der Waals surface area contributed by atoms with Crippen molar-refractivity contribution in [2.45, 2.75) is 19.3 Å². The van der Waals surface area contributed by atoms with E-state index in [1.165, 1.54) is 6.07 Å². The summed E-state index contributed by atoms with van der Waals surface area (Å²) in [6.07, 6.45) is 4.55. The molecule has 3 rings (SSSR count). The van der Waals surface area contributed by atoms with Crippen LogP contribution in [0.2, 0.25) is 0 Å². The fourth-order valence-corrected chi connectivity index (χ4v) is 2.55. The summed E-state index contributed by atoms with van der Waals surface area (Å²) in [6.45, 7) is 2.86. The van der Waals surface area contributed by atoms with E-state index in [1.807, 2.05) is 9.80 Å². The highest BCUT2D eigenvalue weighted by Crippen LogP contribution is 2.31. The van der Waals surface area contributed by atoms with Crippen molar-refractivity contribution in [1.82, 2.24) is 9.88 Å². The molecule has 5 heteroatoms. The Hall–Kier alpha value is -1.65. The van der Waals surface area contributed by atoms with Crippen LogP contribution in [0.1, 0.15) is 19.3 Å². The second-order valence-electron chi connectivity index (χ2n) is 5.25. The first kappa shape index (κ1) is 12.4. The first-order valence-corrected chi connectivity index (χ1v) is 6.90. The lowest BCUT2D eigenvalue weighted by Gasteiger charge is -2.23. The molecule has 19 heavy (non-hydrogen) atoms. The molecule has 0 N–H and O–H groups in total. The van der Waals surface area contributed by atoms with Gasteiger partial charge in [0.15, 0.2) is 11.6 Å². The van der Waals surface area contributed by atoms with Gasteiger partial charge < -0.3 is 9.80 Å². The Labute approximate surface area is 112 Å². The van der Waals surface area contributed by atoms with Gasteiger partial charge in [-0.15, -0.1) is 0 Å². The van der Waals surface area contributed by atoms with Gasteiger partial charge in [0.1, 0.15) is 0 Å². The van der Waals surface area contributed by atoms with E-state index in [0.29, 0.717) is 18.9 Å². The van der Waals surface area contributed by atoms with Crippen LogP contribution >= 0.6 is 0 Å². The van der Waals surface area contributed by atoms with E-state index >= 15 is 0 Å². The van der Waals surface area contributed by atoms with E-state index in [2.05, 4.69) is 4.98 Å². The van der Waals surface area contributed by atoms with Crippen LogP contribution in [0, 0.1) is 11.7 Å². The number of pyridine rings is 1. The number of hydrogen-bond acceptors (Lipinski definition) is 3. The highest BCUT2D eigenvalue weighted by molar-refractivity contribution is 5.81. The smallest absolute Gasteiger partial charge is 0.225 e. The highest BCUT2D eigenvalue weighted by atomic mass is 19.1. The third-order valence-corrected chi connectivity index (χ3v) is 3.77. The number of hydrogen-bond donors (Lipinski definition) is 0. The summed E-state index contributed by atoms with van der Waals surface area (Å²) >= 11 is 0. The van der Waals surface area contributed by atoms with Crippen molar-refractivity contribution in [1.29, 1.82) is 0 Å². The number of rotatable bonds is 2. The molecule has 1 saturated heterocycles. The summed E-state index contributed by atoms with van der Waals surface area (Å²) < 4.78 is 13.7. The van der Waals surface area contributed by atoms with Crippen LogP contribution in [0.4, 0.5) is 10.2 Å².